The summed E-state index contributed by atoms with van der Waals surface area (Å²) in [7, 11) is 1.57. The molecule has 0 spiro atoms. The molecule has 22 heavy (non-hydrogen) atoms. The van der Waals surface area contributed by atoms with Gasteiger partial charge in [-0.2, -0.15) is 0 Å². The van der Waals surface area contributed by atoms with E-state index in [1.54, 1.807) is 37.6 Å². The molecule has 0 atom stereocenters. The van der Waals surface area contributed by atoms with Gasteiger partial charge in [0.25, 0.3) is 0 Å². The van der Waals surface area contributed by atoms with Crippen molar-refractivity contribution in [3.8, 4) is 5.75 Å². The molecule has 1 amide bonds. The minimum Gasteiger partial charge on any atom is -0.497 e. The average molecular weight is 359 g/mol. The third kappa shape index (κ3) is 4.05. The second-order valence-electron chi connectivity index (χ2n) is 4.40. The third-order valence-corrected chi connectivity index (χ3v) is 3.66. The number of aromatic nitrogens is 1. The van der Waals surface area contributed by atoms with Gasteiger partial charge in [-0.05, 0) is 42.5 Å². The number of amides is 1. The van der Waals surface area contributed by atoms with Gasteiger partial charge in [0.2, 0.25) is 5.91 Å². The van der Waals surface area contributed by atoms with E-state index >= 15 is 0 Å². The molecule has 0 radical (unpaired) electrons. The maximum atomic E-state index is 10.6. The molecule has 1 aromatic heterocycles. The van der Waals surface area contributed by atoms with Crippen LogP contribution in [0.1, 0.15) is 10.4 Å². The molecule has 3 aromatic rings. The Morgan fingerprint density at radius 3 is 2.41 bits per heavy atom. The molecule has 0 saturated heterocycles. The van der Waals surface area contributed by atoms with Crippen molar-refractivity contribution in [2.75, 3.05) is 7.11 Å². The van der Waals surface area contributed by atoms with Crippen LogP contribution in [-0.4, -0.2) is 18.0 Å². The Labute approximate surface area is 137 Å². The quantitative estimate of drug-likeness (QED) is 0.757. The number of nitrogens with zero attached hydrogens (tertiary/aromatic N) is 1. The molecular weight excluding hydrogens is 344 g/mol. The minimum atomic E-state index is -0.423. The number of pyridine rings is 1. The van der Waals surface area contributed by atoms with Crippen LogP contribution < -0.4 is 10.5 Å². The van der Waals surface area contributed by atoms with Crippen molar-refractivity contribution in [3.63, 3.8) is 0 Å². The van der Waals surface area contributed by atoms with Gasteiger partial charge in [0.15, 0.2) is 0 Å². The first kappa shape index (κ1) is 16.0. The molecule has 2 N–H and O–H groups in total. The molecule has 0 saturated carbocycles. The van der Waals surface area contributed by atoms with Gasteiger partial charge in [-0.15, -0.1) is 0 Å². The molecule has 0 aliphatic heterocycles. The van der Waals surface area contributed by atoms with Crippen LogP contribution in [0.15, 0.2) is 65.3 Å². The van der Waals surface area contributed by atoms with Crippen molar-refractivity contribution in [2.45, 2.75) is 0 Å². The molecule has 0 bridgehead atoms. The lowest BCUT2D eigenvalue weighted by molar-refractivity contribution is 0.100. The van der Waals surface area contributed by atoms with Gasteiger partial charge >= 0.3 is 0 Å². The Morgan fingerprint density at radius 2 is 1.82 bits per heavy atom. The van der Waals surface area contributed by atoms with Crippen molar-refractivity contribution in [1.82, 2.24) is 4.98 Å². The Morgan fingerprint density at radius 1 is 1.09 bits per heavy atom. The maximum Gasteiger partial charge on any atom is 0.248 e. The molecule has 2 aromatic carbocycles. The van der Waals surface area contributed by atoms with Crippen molar-refractivity contribution in [1.29, 1.82) is 0 Å². The number of halogens is 1. The van der Waals surface area contributed by atoms with Gasteiger partial charge in [0, 0.05) is 21.6 Å². The van der Waals surface area contributed by atoms with Crippen molar-refractivity contribution >= 4 is 32.7 Å². The second-order valence-corrected chi connectivity index (χ2v) is 5.26. The van der Waals surface area contributed by atoms with Gasteiger partial charge in [-0.3, -0.25) is 9.78 Å². The molecule has 5 heteroatoms. The summed E-state index contributed by atoms with van der Waals surface area (Å²) in [6.07, 6.45) is 1.80. The fraction of sp³-hybridized carbons (Fsp3) is 0.0588. The predicted molar refractivity (Wildman–Crippen MR) is 91.0 cm³/mol. The zero-order valence-corrected chi connectivity index (χ0v) is 13.6. The first-order valence-electron chi connectivity index (χ1n) is 6.55. The van der Waals surface area contributed by atoms with Crippen LogP contribution in [0.2, 0.25) is 0 Å². The van der Waals surface area contributed by atoms with Gasteiger partial charge in [-0.1, -0.05) is 28.1 Å². The predicted octanol–water partition coefficient (Wildman–Crippen LogP) is 3.79. The molecule has 4 nitrogen and oxygen atoms in total. The number of ether oxygens (including phenoxy) is 1. The number of primary amides is 1. The fourth-order valence-corrected chi connectivity index (χ4v) is 2.31. The summed E-state index contributed by atoms with van der Waals surface area (Å²) in [5.74, 6) is 0.294. The Balaban J connectivity index is 0.000000160. The number of hydrogen-bond acceptors (Lipinski definition) is 3. The monoisotopic (exact) mass is 358 g/mol. The minimum absolute atomic E-state index is 0.423. The van der Waals surface area contributed by atoms with E-state index < -0.39 is 5.91 Å². The van der Waals surface area contributed by atoms with Gasteiger partial charge < -0.3 is 10.5 Å². The van der Waals surface area contributed by atoms with Crippen molar-refractivity contribution in [3.05, 3.63) is 70.8 Å². The van der Waals surface area contributed by atoms with Crippen LogP contribution in [0.4, 0.5) is 0 Å². The number of methoxy groups -OCH3 is 1. The molecule has 112 valence electrons. The van der Waals surface area contributed by atoms with E-state index in [2.05, 4.69) is 20.9 Å². The summed E-state index contributed by atoms with van der Waals surface area (Å²) in [6.45, 7) is 0. The maximum absolute atomic E-state index is 10.6. The largest absolute Gasteiger partial charge is 0.497 e. The molecule has 0 fully saturated rings. The lowest BCUT2D eigenvalue weighted by Gasteiger charge is -1.98. The summed E-state index contributed by atoms with van der Waals surface area (Å²) < 4.78 is 6.00. The van der Waals surface area contributed by atoms with E-state index in [4.69, 9.17) is 10.5 Å². The summed E-state index contributed by atoms with van der Waals surface area (Å²) in [5, 5.41) is 1.16. The molecule has 0 unspecified atom stereocenters. The highest BCUT2D eigenvalue weighted by molar-refractivity contribution is 9.10. The number of carbonyl (C=O) groups excluding carboxylic acids is 1. The molecular formula is C17H15BrN2O2. The SMILES string of the molecule is Brc1cccc2ncccc12.COc1ccc(C(N)=O)cc1. The van der Waals surface area contributed by atoms with Crippen molar-refractivity contribution in [2.24, 2.45) is 5.73 Å². The number of fused-ring (bicyclic) bond motifs is 1. The van der Waals surface area contributed by atoms with Crippen LogP contribution in [0.5, 0.6) is 5.75 Å². The van der Waals surface area contributed by atoms with E-state index in [1.807, 2.05) is 30.3 Å². The average Bonchev–Trinajstić information content (AvgIpc) is 2.56. The van der Waals surface area contributed by atoms with Gasteiger partial charge in [-0.25, -0.2) is 0 Å². The molecule has 3 rings (SSSR count). The highest BCUT2D eigenvalue weighted by atomic mass is 79.9. The Kier molecular flexibility index (Phi) is 5.49. The number of rotatable bonds is 2. The number of nitrogens with two attached hydrogens (primary N) is 1. The molecule has 1 heterocycles. The van der Waals surface area contributed by atoms with Crippen LogP contribution in [-0.2, 0) is 0 Å². The topological polar surface area (TPSA) is 65.2 Å². The van der Waals surface area contributed by atoms with Crippen LogP contribution >= 0.6 is 15.9 Å². The zero-order chi connectivity index (χ0) is 15.9. The van der Waals surface area contributed by atoms with Gasteiger partial charge in [0.05, 0.1) is 12.6 Å². The standard InChI is InChI=1S/C9H6BrN.C8H9NO2/c10-8-4-1-5-9-7(8)3-2-6-11-9;1-11-7-4-2-6(3-5-7)8(9)10/h1-6H;2-5H,1H3,(H2,9,10). The Hall–Kier alpha value is -2.40. The van der Waals surface area contributed by atoms with Crippen molar-refractivity contribution < 1.29 is 9.53 Å². The van der Waals surface area contributed by atoms with Crippen LogP contribution in [0, 0.1) is 0 Å². The second kappa shape index (κ2) is 7.56. The molecule has 0 aliphatic carbocycles. The van der Waals surface area contributed by atoms with Crippen LogP contribution in [0.3, 0.4) is 0 Å². The first-order chi connectivity index (χ1) is 10.6. The summed E-state index contributed by atoms with van der Waals surface area (Å²) in [5.41, 5.74) is 6.55. The van der Waals surface area contributed by atoms with E-state index in [0.717, 1.165) is 21.1 Å². The number of hydrogen-bond donors (Lipinski definition) is 1. The van der Waals surface area contributed by atoms with E-state index in [9.17, 15) is 4.79 Å². The number of benzene rings is 2. The normalized spacial score (nSPS) is 9.73. The highest BCUT2D eigenvalue weighted by Gasteiger charge is 1.98. The summed E-state index contributed by atoms with van der Waals surface area (Å²) in [4.78, 5) is 14.8. The summed E-state index contributed by atoms with van der Waals surface area (Å²) in [6, 6.07) is 16.6. The summed E-state index contributed by atoms with van der Waals surface area (Å²) >= 11 is 3.46. The smallest absolute Gasteiger partial charge is 0.248 e. The first-order valence-corrected chi connectivity index (χ1v) is 7.34. The highest BCUT2D eigenvalue weighted by Crippen LogP contribution is 2.20. The van der Waals surface area contributed by atoms with E-state index in [0.29, 0.717) is 5.56 Å². The fourth-order valence-electron chi connectivity index (χ4n) is 1.82. The zero-order valence-electron chi connectivity index (χ0n) is 12.0. The molecule has 0 aliphatic rings. The van der Waals surface area contributed by atoms with Crippen LogP contribution in [0.25, 0.3) is 10.9 Å². The van der Waals surface area contributed by atoms with E-state index in [-0.39, 0.29) is 0 Å². The Bertz CT molecular complexity index is 768. The third-order valence-electron chi connectivity index (χ3n) is 2.97. The van der Waals surface area contributed by atoms with E-state index in [1.165, 1.54) is 0 Å². The lowest BCUT2D eigenvalue weighted by Crippen LogP contribution is -2.10. The lowest BCUT2D eigenvalue weighted by atomic mass is 10.2. The number of carbonyl (C=O) groups is 1. The van der Waals surface area contributed by atoms with Gasteiger partial charge in [0.1, 0.15) is 5.75 Å².